The van der Waals surface area contributed by atoms with Crippen LogP contribution < -0.4 is 10.2 Å². The second-order valence-corrected chi connectivity index (χ2v) is 5.43. The van der Waals surface area contributed by atoms with Gasteiger partial charge in [-0.05, 0) is 43.0 Å². The number of hydrogen-bond acceptors (Lipinski definition) is 3. The van der Waals surface area contributed by atoms with Gasteiger partial charge in [-0.2, -0.15) is 12.6 Å². The molecule has 0 radical (unpaired) electrons. The molecule has 19 heavy (non-hydrogen) atoms. The van der Waals surface area contributed by atoms with E-state index in [0.29, 0.717) is 0 Å². The highest BCUT2D eigenvalue weighted by Gasteiger charge is 2.20. The summed E-state index contributed by atoms with van der Waals surface area (Å²) in [6.07, 6.45) is 5.72. The van der Waals surface area contributed by atoms with E-state index in [-0.39, 0.29) is 0 Å². The summed E-state index contributed by atoms with van der Waals surface area (Å²) in [5.41, 5.74) is 7.45. The van der Waals surface area contributed by atoms with Gasteiger partial charge in [0.25, 0.3) is 0 Å². The summed E-state index contributed by atoms with van der Waals surface area (Å²) in [6, 6.07) is 0. The Morgan fingerprint density at radius 2 is 1.79 bits per heavy atom. The van der Waals surface area contributed by atoms with E-state index in [9.17, 15) is 0 Å². The number of hydrogen-bond donors (Lipinski definition) is 2. The first-order chi connectivity index (χ1) is 9.11. The first-order valence-corrected chi connectivity index (χ1v) is 7.40. The quantitative estimate of drug-likeness (QED) is 0.636. The van der Waals surface area contributed by atoms with Gasteiger partial charge in [-0.15, -0.1) is 6.42 Å². The van der Waals surface area contributed by atoms with Crippen molar-refractivity contribution in [2.75, 3.05) is 31.1 Å². The van der Waals surface area contributed by atoms with Crippen LogP contribution in [0, 0.1) is 33.1 Å². The Hall–Kier alpha value is -1.11. The largest absolute Gasteiger partial charge is 0.369 e. The van der Waals surface area contributed by atoms with Crippen LogP contribution in [-0.2, 0) is 5.75 Å². The molecule has 0 aromatic heterocycles. The van der Waals surface area contributed by atoms with Gasteiger partial charge in [0.15, 0.2) is 0 Å². The van der Waals surface area contributed by atoms with Crippen LogP contribution in [0.15, 0.2) is 0 Å². The van der Waals surface area contributed by atoms with Gasteiger partial charge in [-0.3, -0.25) is 0 Å². The minimum atomic E-state index is 0.742. The molecule has 3 heteroatoms. The van der Waals surface area contributed by atoms with Gasteiger partial charge in [0.1, 0.15) is 0 Å². The summed E-state index contributed by atoms with van der Waals surface area (Å²) in [5, 5.41) is 3.39. The first kappa shape index (κ1) is 14.3. The number of thiol groups is 1. The van der Waals surface area contributed by atoms with Gasteiger partial charge in [-0.25, -0.2) is 0 Å². The second kappa shape index (κ2) is 5.90. The topological polar surface area (TPSA) is 15.3 Å². The second-order valence-electron chi connectivity index (χ2n) is 5.12. The lowest BCUT2D eigenvalue weighted by Gasteiger charge is -2.34. The Balaban J connectivity index is 2.62. The van der Waals surface area contributed by atoms with Gasteiger partial charge in [0, 0.05) is 43.2 Å². The molecule has 0 saturated carbocycles. The predicted molar refractivity (Wildman–Crippen MR) is 86.4 cm³/mol. The van der Waals surface area contributed by atoms with E-state index < -0.39 is 0 Å². The van der Waals surface area contributed by atoms with Crippen LogP contribution in [0.1, 0.15) is 27.8 Å². The fourth-order valence-corrected chi connectivity index (χ4v) is 3.55. The van der Waals surface area contributed by atoms with Crippen molar-refractivity contribution in [2.45, 2.75) is 26.5 Å². The van der Waals surface area contributed by atoms with Gasteiger partial charge in [0.2, 0.25) is 0 Å². The van der Waals surface area contributed by atoms with Crippen molar-refractivity contribution in [3.63, 3.8) is 0 Å². The van der Waals surface area contributed by atoms with Crippen LogP contribution in [0.25, 0.3) is 0 Å². The van der Waals surface area contributed by atoms with Crippen molar-refractivity contribution in [2.24, 2.45) is 0 Å². The Bertz CT molecular complexity index is 523. The number of nitrogens with zero attached hydrogens (tertiary/aromatic N) is 1. The zero-order chi connectivity index (χ0) is 14.0. The van der Waals surface area contributed by atoms with Crippen molar-refractivity contribution in [3.05, 3.63) is 27.8 Å². The van der Waals surface area contributed by atoms with E-state index in [4.69, 9.17) is 6.42 Å². The molecule has 0 unspecified atom stereocenters. The van der Waals surface area contributed by atoms with Crippen molar-refractivity contribution in [1.82, 2.24) is 5.32 Å². The molecular formula is C16H22N2S. The zero-order valence-electron chi connectivity index (χ0n) is 12.0. The molecule has 0 bridgehead atoms. The smallest absolute Gasteiger partial charge is 0.0442 e. The molecule has 1 aromatic carbocycles. The SMILES string of the molecule is C#Cc1c(C)c(CS)c(C)c(N2CCNCC2)c1C. The highest BCUT2D eigenvalue weighted by molar-refractivity contribution is 7.79. The van der Waals surface area contributed by atoms with Crippen LogP contribution in [0.3, 0.4) is 0 Å². The van der Waals surface area contributed by atoms with Gasteiger partial charge < -0.3 is 10.2 Å². The maximum Gasteiger partial charge on any atom is 0.0442 e. The van der Waals surface area contributed by atoms with Crippen LogP contribution in [0.2, 0.25) is 0 Å². The van der Waals surface area contributed by atoms with Gasteiger partial charge in [0.05, 0.1) is 0 Å². The van der Waals surface area contributed by atoms with E-state index >= 15 is 0 Å². The molecule has 1 aliphatic rings. The highest BCUT2D eigenvalue weighted by Crippen LogP contribution is 2.34. The molecule has 1 heterocycles. The van der Waals surface area contributed by atoms with E-state index in [1.165, 1.54) is 27.9 Å². The summed E-state index contributed by atoms with van der Waals surface area (Å²) in [5.74, 6) is 3.61. The molecule has 0 aliphatic carbocycles. The lowest BCUT2D eigenvalue weighted by Crippen LogP contribution is -2.44. The van der Waals surface area contributed by atoms with Gasteiger partial charge in [-0.1, -0.05) is 5.92 Å². The third-order valence-corrected chi connectivity index (χ3v) is 4.42. The molecule has 0 spiro atoms. The molecule has 1 N–H and O–H groups in total. The Labute approximate surface area is 122 Å². The normalized spacial score (nSPS) is 15.4. The molecule has 1 saturated heterocycles. The average Bonchev–Trinajstić information content (AvgIpc) is 2.41. The zero-order valence-corrected chi connectivity index (χ0v) is 12.9. The molecule has 1 aromatic rings. The average molecular weight is 274 g/mol. The molecule has 102 valence electrons. The molecule has 2 rings (SSSR count). The number of rotatable bonds is 2. The van der Waals surface area contributed by atoms with Crippen molar-refractivity contribution in [3.8, 4) is 12.3 Å². The van der Waals surface area contributed by atoms with E-state index in [0.717, 1.165) is 37.5 Å². The molecule has 1 fully saturated rings. The first-order valence-electron chi connectivity index (χ1n) is 6.77. The number of benzene rings is 1. The van der Waals surface area contributed by atoms with E-state index in [2.05, 4.69) is 49.5 Å². The third kappa shape index (κ3) is 2.48. The van der Waals surface area contributed by atoms with Crippen molar-refractivity contribution in [1.29, 1.82) is 0 Å². The molecule has 0 amide bonds. The fraction of sp³-hybridized carbons (Fsp3) is 0.500. The predicted octanol–water partition coefficient (Wildman–Crippen LogP) is 2.43. The summed E-state index contributed by atoms with van der Waals surface area (Å²) in [7, 11) is 0. The summed E-state index contributed by atoms with van der Waals surface area (Å²) >= 11 is 4.48. The summed E-state index contributed by atoms with van der Waals surface area (Å²) in [4.78, 5) is 2.45. The molecule has 1 aliphatic heterocycles. The van der Waals surface area contributed by atoms with Crippen molar-refractivity contribution >= 4 is 18.3 Å². The van der Waals surface area contributed by atoms with Crippen LogP contribution in [0.5, 0.6) is 0 Å². The number of piperazine rings is 1. The number of terminal acetylenes is 1. The minimum Gasteiger partial charge on any atom is -0.369 e. The summed E-state index contributed by atoms with van der Waals surface area (Å²) in [6.45, 7) is 10.6. The van der Waals surface area contributed by atoms with Crippen LogP contribution in [-0.4, -0.2) is 26.2 Å². The maximum absolute atomic E-state index is 5.72. The maximum atomic E-state index is 5.72. The van der Waals surface area contributed by atoms with Crippen LogP contribution >= 0.6 is 12.6 Å². The van der Waals surface area contributed by atoms with Gasteiger partial charge >= 0.3 is 0 Å². The Morgan fingerprint density at radius 1 is 1.16 bits per heavy atom. The Kier molecular flexibility index (Phi) is 4.44. The fourth-order valence-electron chi connectivity index (χ4n) is 3.07. The summed E-state index contributed by atoms with van der Waals surface area (Å²) < 4.78 is 0. The number of anilines is 1. The lowest BCUT2D eigenvalue weighted by atomic mass is 9.91. The highest BCUT2D eigenvalue weighted by atomic mass is 32.1. The van der Waals surface area contributed by atoms with E-state index in [1.54, 1.807) is 0 Å². The monoisotopic (exact) mass is 274 g/mol. The third-order valence-electron chi connectivity index (χ3n) is 4.10. The van der Waals surface area contributed by atoms with E-state index in [1.807, 2.05) is 0 Å². The molecular weight excluding hydrogens is 252 g/mol. The number of nitrogens with one attached hydrogen (secondary N) is 1. The van der Waals surface area contributed by atoms with Crippen LogP contribution in [0.4, 0.5) is 5.69 Å². The van der Waals surface area contributed by atoms with Crippen molar-refractivity contribution < 1.29 is 0 Å². The molecule has 0 atom stereocenters. The molecule has 2 nitrogen and oxygen atoms in total. The lowest BCUT2D eigenvalue weighted by molar-refractivity contribution is 0.587. The Morgan fingerprint density at radius 3 is 2.32 bits per heavy atom. The standard InChI is InChI=1S/C16H22N2S/c1-5-14-11(2)15(10-19)13(4)16(12(14)3)18-8-6-17-7-9-18/h1,17,19H,6-10H2,2-4H3. The minimum absolute atomic E-state index is 0.742.